The van der Waals surface area contributed by atoms with Crippen LogP contribution in [0.15, 0.2) is 66.7 Å². The minimum absolute atomic E-state index is 0.158. The van der Waals surface area contributed by atoms with E-state index in [9.17, 15) is 4.79 Å². The Morgan fingerprint density at radius 3 is 2.32 bits per heavy atom. The molecule has 0 saturated heterocycles. The smallest absolute Gasteiger partial charge is 0.349 e. The van der Waals surface area contributed by atoms with Gasteiger partial charge in [-0.2, -0.15) is 0 Å². The van der Waals surface area contributed by atoms with Crippen molar-refractivity contribution in [2.75, 3.05) is 6.61 Å². The van der Waals surface area contributed by atoms with Crippen molar-refractivity contribution < 1.29 is 14.3 Å². The molecular weight excluding hydrogens is 300 g/mol. The zero-order valence-electron chi connectivity index (χ0n) is 11.7. The highest BCUT2D eigenvalue weighted by Crippen LogP contribution is 2.21. The van der Waals surface area contributed by atoms with Gasteiger partial charge in [-0.05, 0) is 47.2 Å². The average Bonchev–Trinajstić information content (AvgIpc) is 2.54. The normalized spacial score (nSPS) is 10.4. The quantitative estimate of drug-likeness (QED) is 0.526. The molecule has 0 amide bonds. The zero-order valence-corrected chi connectivity index (χ0v) is 12.4. The van der Waals surface area contributed by atoms with Crippen LogP contribution < -0.4 is 9.47 Å². The molecule has 22 heavy (non-hydrogen) atoms. The summed E-state index contributed by atoms with van der Waals surface area (Å²) in [6, 6.07) is 20.2. The first-order chi connectivity index (χ1) is 10.7. The first-order valence-corrected chi connectivity index (χ1v) is 7.16. The number of fused-ring (bicyclic) bond motifs is 1. The molecule has 0 aliphatic carbocycles. The van der Waals surface area contributed by atoms with E-state index in [2.05, 4.69) is 0 Å². The van der Waals surface area contributed by atoms with Gasteiger partial charge in [0.05, 0.1) is 0 Å². The van der Waals surface area contributed by atoms with E-state index in [1.807, 2.05) is 36.4 Å². The molecule has 3 aromatic rings. The molecule has 3 rings (SSSR count). The molecule has 0 aliphatic rings. The van der Waals surface area contributed by atoms with Gasteiger partial charge >= 0.3 is 5.97 Å². The highest BCUT2D eigenvalue weighted by Gasteiger charge is 2.07. The van der Waals surface area contributed by atoms with Crippen LogP contribution in [0.5, 0.6) is 11.5 Å². The molecule has 0 heterocycles. The molecular formula is C18H13ClO3. The largest absolute Gasteiger partial charge is 0.482 e. The predicted molar refractivity (Wildman–Crippen MR) is 86.5 cm³/mol. The Balaban J connectivity index is 1.61. The van der Waals surface area contributed by atoms with Crippen molar-refractivity contribution >= 4 is 28.3 Å². The van der Waals surface area contributed by atoms with E-state index in [1.165, 1.54) is 0 Å². The van der Waals surface area contributed by atoms with Crippen molar-refractivity contribution in [1.82, 2.24) is 0 Å². The van der Waals surface area contributed by atoms with Crippen molar-refractivity contribution in [3.8, 4) is 11.5 Å². The Morgan fingerprint density at radius 2 is 1.55 bits per heavy atom. The highest BCUT2D eigenvalue weighted by molar-refractivity contribution is 6.30. The second-order valence-corrected chi connectivity index (χ2v) is 5.16. The molecule has 0 N–H and O–H groups in total. The summed E-state index contributed by atoms with van der Waals surface area (Å²) in [5.41, 5.74) is 0. The third-order valence-electron chi connectivity index (χ3n) is 3.12. The number of carbonyl (C=O) groups excluding carboxylic acids is 1. The predicted octanol–water partition coefficient (Wildman–Crippen LogP) is 4.48. The van der Waals surface area contributed by atoms with E-state index >= 15 is 0 Å². The van der Waals surface area contributed by atoms with Crippen LogP contribution in [-0.2, 0) is 4.79 Å². The third-order valence-corrected chi connectivity index (χ3v) is 3.37. The lowest BCUT2D eigenvalue weighted by atomic mass is 10.1. The fourth-order valence-electron chi connectivity index (χ4n) is 2.06. The van der Waals surface area contributed by atoms with E-state index in [4.69, 9.17) is 21.1 Å². The van der Waals surface area contributed by atoms with Crippen LogP contribution in [0.4, 0.5) is 0 Å². The average molecular weight is 313 g/mol. The van der Waals surface area contributed by atoms with E-state index < -0.39 is 5.97 Å². The summed E-state index contributed by atoms with van der Waals surface area (Å²) in [7, 11) is 0. The topological polar surface area (TPSA) is 35.5 Å². The number of esters is 1. The minimum atomic E-state index is -0.453. The molecule has 3 aromatic carbocycles. The lowest BCUT2D eigenvalue weighted by Gasteiger charge is -2.07. The lowest BCUT2D eigenvalue weighted by molar-refractivity contribution is -0.136. The van der Waals surface area contributed by atoms with Gasteiger partial charge in [-0.3, -0.25) is 0 Å². The van der Waals surface area contributed by atoms with Gasteiger partial charge in [-0.25, -0.2) is 4.79 Å². The van der Waals surface area contributed by atoms with Gasteiger partial charge in [-0.15, -0.1) is 0 Å². The number of benzene rings is 3. The molecule has 0 fully saturated rings. The lowest BCUT2D eigenvalue weighted by Crippen LogP contribution is -2.17. The molecule has 0 radical (unpaired) electrons. The Morgan fingerprint density at radius 1 is 0.864 bits per heavy atom. The standard InChI is InChI=1S/C18H13ClO3/c19-15-6-9-16(10-7-15)21-12-18(20)22-17-8-5-13-3-1-2-4-14(13)11-17/h1-11H,12H2. The summed E-state index contributed by atoms with van der Waals surface area (Å²) in [5.74, 6) is 0.619. The molecule has 0 bridgehead atoms. The van der Waals surface area contributed by atoms with Crippen LogP contribution in [-0.4, -0.2) is 12.6 Å². The minimum Gasteiger partial charge on any atom is -0.482 e. The van der Waals surface area contributed by atoms with E-state index in [0.717, 1.165) is 10.8 Å². The van der Waals surface area contributed by atoms with Crippen molar-refractivity contribution in [3.05, 3.63) is 71.8 Å². The SMILES string of the molecule is O=C(COc1ccc(Cl)cc1)Oc1ccc2ccccc2c1. The van der Waals surface area contributed by atoms with E-state index in [-0.39, 0.29) is 6.61 Å². The van der Waals surface area contributed by atoms with E-state index in [0.29, 0.717) is 16.5 Å². The maximum Gasteiger partial charge on any atom is 0.349 e. The Kier molecular flexibility index (Phi) is 4.26. The number of carbonyl (C=O) groups is 1. The van der Waals surface area contributed by atoms with Crippen LogP contribution in [0.3, 0.4) is 0 Å². The second kappa shape index (κ2) is 6.50. The van der Waals surface area contributed by atoms with E-state index in [1.54, 1.807) is 30.3 Å². The first kappa shape index (κ1) is 14.4. The van der Waals surface area contributed by atoms with Gasteiger partial charge in [0.2, 0.25) is 0 Å². The van der Waals surface area contributed by atoms with Crippen LogP contribution >= 0.6 is 11.6 Å². The number of hydrogen-bond donors (Lipinski definition) is 0. The highest BCUT2D eigenvalue weighted by atomic mass is 35.5. The summed E-state index contributed by atoms with van der Waals surface area (Å²) < 4.78 is 10.6. The maximum atomic E-state index is 11.8. The van der Waals surface area contributed by atoms with Gasteiger partial charge in [0, 0.05) is 5.02 Å². The van der Waals surface area contributed by atoms with Gasteiger partial charge in [0.1, 0.15) is 11.5 Å². The number of halogens is 1. The van der Waals surface area contributed by atoms with Crippen molar-refractivity contribution in [2.45, 2.75) is 0 Å². The van der Waals surface area contributed by atoms with Crippen LogP contribution in [0.2, 0.25) is 5.02 Å². The third kappa shape index (κ3) is 3.57. The van der Waals surface area contributed by atoms with Gasteiger partial charge in [0.15, 0.2) is 6.61 Å². The van der Waals surface area contributed by atoms with Gasteiger partial charge < -0.3 is 9.47 Å². The molecule has 0 unspecified atom stereocenters. The molecule has 0 spiro atoms. The van der Waals surface area contributed by atoms with Crippen molar-refractivity contribution in [2.24, 2.45) is 0 Å². The van der Waals surface area contributed by atoms with Crippen LogP contribution in [0.1, 0.15) is 0 Å². The molecule has 0 aromatic heterocycles. The molecule has 110 valence electrons. The first-order valence-electron chi connectivity index (χ1n) is 6.78. The van der Waals surface area contributed by atoms with Gasteiger partial charge in [0.25, 0.3) is 0 Å². The number of ether oxygens (including phenoxy) is 2. The molecule has 0 atom stereocenters. The Bertz CT molecular complexity index is 797. The van der Waals surface area contributed by atoms with Crippen molar-refractivity contribution in [3.63, 3.8) is 0 Å². The summed E-state index contributed by atoms with van der Waals surface area (Å²) in [6.45, 7) is -0.158. The fraction of sp³-hybridized carbons (Fsp3) is 0.0556. The second-order valence-electron chi connectivity index (χ2n) is 4.73. The molecule has 0 aliphatic heterocycles. The molecule has 0 saturated carbocycles. The Labute approximate surface area is 133 Å². The Hall–Kier alpha value is -2.52. The maximum absolute atomic E-state index is 11.8. The number of rotatable bonds is 4. The zero-order chi connectivity index (χ0) is 15.4. The molecule has 4 heteroatoms. The monoisotopic (exact) mass is 312 g/mol. The fourth-order valence-corrected chi connectivity index (χ4v) is 2.19. The summed E-state index contributed by atoms with van der Waals surface area (Å²) >= 11 is 5.78. The van der Waals surface area contributed by atoms with Gasteiger partial charge in [-0.1, -0.05) is 41.9 Å². The van der Waals surface area contributed by atoms with Crippen LogP contribution in [0.25, 0.3) is 10.8 Å². The summed E-state index contributed by atoms with van der Waals surface area (Å²) in [6.07, 6.45) is 0. The molecule has 3 nitrogen and oxygen atoms in total. The number of hydrogen-bond acceptors (Lipinski definition) is 3. The van der Waals surface area contributed by atoms with Crippen molar-refractivity contribution in [1.29, 1.82) is 0 Å². The summed E-state index contributed by atoms with van der Waals surface area (Å²) in [5, 5.41) is 2.73. The van der Waals surface area contributed by atoms with Crippen LogP contribution in [0, 0.1) is 0 Å². The summed E-state index contributed by atoms with van der Waals surface area (Å²) in [4.78, 5) is 11.8.